The molecular weight excluding hydrogens is 537 g/mol. The van der Waals surface area contributed by atoms with E-state index in [4.69, 9.17) is 21.1 Å². The number of pyridine rings is 1. The van der Waals surface area contributed by atoms with E-state index in [0.29, 0.717) is 41.8 Å². The second-order valence-corrected chi connectivity index (χ2v) is 10.7. The first-order valence-electron chi connectivity index (χ1n) is 12.1. The molecule has 0 aliphatic carbocycles. The standard InChI is InChI=1S/C27H30ClF3N4O2S/c1-33(2)14-17-10-11-34(15-17)21-13-20(29)27(26(31)25(21)28)38-35(24-7-5-6-23(30)32-24)16-18-8-9-19(36-3)12-22(18)37-4/h5-9,12-13,17H,10-11,14-16H2,1-4H3. The van der Waals surface area contributed by atoms with Crippen LogP contribution in [0.2, 0.25) is 5.02 Å². The summed E-state index contributed by atoms with van der Waals surface area (Å²) >= 11 is 7.22. The first-order chi connectivity index (χ1) is 18.2. The molecule has 2 heterocycles. The molecule has 0 N–H and O–H groups in total. The number of ether oxygens (including phenoxy) is 2. The largest absolute Gasteiger partial charge is 0.497 e. The van der Waals surface area contributed by atoms with Gasteiger partial charge < -0.3 is 19.3 Å². The first-order valence-corrected chi connectivity index (χ1v) is 13.2. The van der Waals surface area contributed by atoms with E-state index in [0.717, 1.165) is 24.9 Å². The van der Waals surface area contributed by atoms with Crippen molar-refractivity contribution in [1.29, 1.82) is 0 Å². The smallest absolute Gasteiger partial charge is 0.214 e. The molecule has 1 unspecified atom stereocenters. The van der Waals surface area contributed by atoms with Crippen LogP contribution in [0, 0.1) is 23.5 Å². The lowest BCUT2D eigenvalue weighted by Gasteiger charge is -2.26. The van der Waals surface area contributed by atoms with E-state index in [1.807, 2.05) is 19.0 Å². The van der Waals surface area contributed by atoms with Crippen molar-refractivity contribution in [2.24, 2.45) is 5.92 Å². The number of nitrogens with zero attached hydrogens (tertiary/aromatic N) is 4. The maximum Gasteiger partial charge on any atom is 0.214 e. The Bertz CT molecular complexity index is 1280. The summed E-state index contributed by atoms with van der Waals surface area (Å²) in [4.78, 5) is 7.65. The van der Waals surface area contributed by atoms with E-state index in [9.17, 15) is 4.39 Å². The van der Waals surface area contributed by atoms with Gasteiger partial charge >= 0.3 is 0 Å². The molecule has 1 aliphatic heterocycles. The van der Waals surface area contributed by atoms with Crippen molar-refractivity contribution < 1.29 is 22.6 Å². The van der Waals surface area contributed by atoms with Crippen molar-refractivity contribution in [3.8, 4) is 11.5 Å². The highest BCUT2D eigenvalue weighted by molar-refractivity contribution is 8.00. The minimum Gasteiger partial charge on any atom is -0.497 e. The summed E-state index contributed by atoms with van der Waals surface area (Å²) in [6.45, 7) is 2.32. The summed E-state index contributed by atoms with van der Waals surface area (Å²) in [6, 6.07) is 10.7. The molecule has 3 aromatic rings. The monoisotopic (exact) mass is 566 g/mol. The third-order valence-electron chi connectivity index (χ3n) is 6.31. The third-order valence-corrected chi connectivity index (χ3v) is 7.77. The Labute approximate surface area is 230 Å². The molecule has 204 valence electrons. The molecule has 1 aliphatic rings. The van der Waals surface area contributed by atoms with Crippen LogP contribution in [0.25, 0.3) is 0 Å². The van der Waals surface area contributed by atoms with Crippen LogP contribution in [0.5, 0.6) is 11.5 Å². The Kier molecular flexibility index (Phi) is 9.17. The third kappa shape index (κ3) is 6.42. The molecule has 0 amide bonds. The molecule has 0 radical (unpaired) electrons. The van der Waals surface area contributed by atoms with Gasteiger partial charge in [-0.3, -0.25) is 4.31 Å². The minimum absolute atomic E-state index is 0.102. The van der Waals surface area contributed by atoms with Gasteiger partial charge in [-0.2, -0.15) is 4.39 Å². The number of hydrogen-bond acceptors (Lipinski definition) is 7. The van der Waals surface area contributed by atoms with Crippen LogP contribution >= 0.6 is 23.5 Å². The number of hydrogen-bond donors (Lipinski definition) is 0. The highest BCUT2D eigenvalue weighted by Gasteiger charge is 2.29. The molecule has 4 rings (SSSR count). The molecule has 0 spiro atoms. The lowest BCUT2D eigenvalue weighted by molar-refractivity contribution is 0.340. The number of benzene rings is 2. The molecule has 1 atom stereocenters. The maximum atomic E-state index is 15.6. The van der Waals surface area contributed by atoms with Crippen LogP contribution in [-0.2, 0) is 6.54 Å². The fourth-order valence-electron chi connectivity index (χ4n) is 4.54. The topological polar surface area (TPSA) is 41.1 Å². The zero-order valence-electron chi connectivity index (χ0n) is 21.7. The zero-order chi connectivity index (χ0) is 27.4. The number of anilines is 2. The average molecular weight is 567 g/mol. The second kappa shape index (κ2) is 12.4. The SMILES string of the molecule is COc1ccc(CN(Sc2c(F)cc(N3CCC(CN(C)C)C3)c(Cl)c2F)c2cccc(F)n2)c(OC)c1. The van der Waals surface area contributed by atoms with Crippen molar-refractivity contribution >= 4 is 35.1 Å². The summed E-state index contributed by atoms with van der Waals surface area (Å²) in [5, 5.41) is -0.145. The number of halogens is 4. The van der Waals surface area contributed by atoms with Crippen LogP contribution in [0.15, 0.2) is 47.4 Å². The molecule has 1 aromatic heterocycles. The van der Waals surface area contributed by atoms with Crippen molar-refractivity contribution in [1.82, 2.24) is 9.88 Å². The van der Waals surface area contributed by atoms with Gasteiger partial charge in [0, 0.05) is 37.3 Å². The summed E-state index contributed by atoms with van der Waals surface area (Å²) in [7, 11) is 7.05. The summed E-state index contributed by atoms with van der Waals surface area (Å²) in [6.07, 6.45) is 0.914. The Morgan fingerprint density at radius 1 is 1.11 bits per heavy atom. The molecule has 1 fully saturated rings. The van der Waals surface area contributed by atoms with Gasteiger partial charge in [0.05, 0.1) is 26.5 Å². The van der Waals surface area contributed by atoms with E-state index >= 15 is 8.78 Å². The van der Waals surface area contributed by atoms with Crippen LogP contribution in [0.4, 0.5) is 24.7 Å². The minimum atomic E-state index is -0.870. The molecule has 1 saturated heterocycles. The summed E-state index contributed by atoms with van der Waals surface area (Å²) < 4.78 is 57.4. The maximum absolute atomic E-state index is 15.6. The highest BCUT2D eigenvalue weighted by Crippen LogP contribution is 2.41. The van der Waals surface area contributed by atoms with Gasteiger partial charge in [0.1, 0.15) is 33.1 Å². The average Bonchev–Trinajstić information content (AvgIpc) is 3.35. The molecule has 6 nitrogen and oxygen atoms in total. The zero-order valence-corrected chi connectivity index (χ0v) is 23.3. The van der Waals surface area contributed by atoms with E-state index in [2.05, 4.69) is 9.88 Å². The Hall–Kier alpha value is -2.82. The van der Waals surface area contributed by atoms with Crippen molar-refractivity contribution in [3.05, 3.63) is 70.6 Å². The van der Waals surface area contributed by atoms with Gasteiger partial charge in [-0.1, -0.05) is 17.7 Å². The van der Waals surface area contributed by atoms with Gasteiger partial charge in [-0.05, 0) is 62.6 Å². The Balaban J connectivity index is 1.66. The molecule has 0 saturated carbocycles. The van der Waals surface area contributed by atoms with Gasteiger partial charge in [0.2, 0.25) is 5.95 Å². The van der Waals surface area contributed by atoms with Gasteiger partial charge in [0.15, 0.2) is 5.82 Å². The molecule has 11 heteroatoms. The predicted octanol–water partition coefficient (Wildman–Crippen LogP) is 6.27. The van der Waals surface area contributed by atoms with Gasteiger partial charge in [-0.25, -0.2) is 13.8 Å². The van der Waals surface area contributed by atoms with E-state index < -0.39 is 17.6 Å². The quantitative estimate of drug-likeness (QED) is 0.163. The Morgan fingerprint density at radius 2 is 1.89 bits per heavy atom. The predicted molar refractivity (Wildman–Crippen MR) is 146 cm³/mol. The van der Waals surface area contributed by atoms with Gasteiger partial charge in [0.25, 0.3) is 0 Å². The first kappa shape index (κ1) is 28.2. The molecule has 2 aromatic carbocycles. The number of aromatic nitrogens is 1. The lowest BCUT2D eigenvalue weighted by atomic mass is 10.1. The van der Waals surface area contributed by atoms with Crippen LogP contribution in [-0.4, -0.2) is 57.8 Å². The fraction of sp³-hybridized carbons (Fsp3) is 0.370. The fourth-order valence-corrected chi connectivity index (χ4v) is 5.81. The van der Waals surface area contributed by atoms with Crippen LogP contribution < -0.4 is 18.7 Å². The van der Waals surface area contributed by atoms with E-state index in [-0.39, 0.29) is 22.3 Å². The molecular formula is C27H30ClF3N4O2S. The molecule has 38 heavy (non-hydrogen) atoms. The molecule has 0 bridgehead atoms. The Morgan fingerprint density at radius 3 is 2.58 bits per heavy atom. The van der Waals surface area contributed by atoms with Crippen molar-refractivity contribution in [2.75, 3.05) is 57.2 Å². The van der Waals surface area contributed by atoms with Crippen LogP contribution in [0.3, 0.4) is 0 Å². The normalized spacial score (nSPS) is 15.3. The van der Waals surface area contributed by atoms with Gasteiger partial charge in [-0.15, -0.1) is 0 Å². The summed E-state index contributed by atoms with van der Waals surface area (Å²) in [5.74, 6) is -0.694. The highest BCUT2D eigenvalue weighted by atomic mass is 35.5. The van der Waals surface area contributed by atoms with E-state index in [1.165, 1.54) is 36.7 Å². The number of rotatable bonds is 10. The van der Waals surface area contributed by atoms with Crippen LogP contribution in [0.1, 0.15) is 12.0 Å². The van der Waals surface area contributed by atoms with Crippen molar-refractivity contribution in [3.63, 3.8) is 0 Å². The number of methoxy groups -OCH3 is 2. The lowest BCUT2D eigenvalue weighted by Crippen LogP contribution is -2.26. The second-order valence-electron chi connectivity index (χ2n) is 9.32. The van der Waals surface area contributed by atoms with E-state index in [1.54, 1.807) is 24.3 Å². The van der Waals surface area contributed by atoms with Crippen molar-refractivity contribution in [2.45, 2.75) is 17.9 Å². The summed E-state index contributed by atoms with van der Waals surface area (Å²) in [5.41, 5.74) is 1.01.